The van der Waals surface area contributed by atoms with E-state index in [2.05, 4.69) is 11.8 Å². The number of hydrogen-bond donors (Lipinski definition) is 1. The number of halogens is 1. The third-order valence-electron chi connectivity index (χ3n) is 6.76. The van der Waals surface area contributed by atoms with E-state index in [-0.39, 0.29) is 11.3 Å². The first kappa shape index (κ1) is 28.0. The highest BCUT2D eigenvalue weighted by atomic mass is 35.5. The predicted octanol–water partition coefficient (Wildman–Crippen LogP) is 4.67. The van der Waals surface area contributed by atoms with Crippen molar-refractivity contribution in [1.29, 1.82) is 0 Å². The maximum atomic E-state index is 13.4. The van der Waals surface area contributed by atoms with Crippen LogP contribution < -0.4 is 9.47 Å². The van der Waals surface area contributed by atoms with Crippen molar-refractivity contribution in [3.63, 3.8) is 0 Å². The van der Waals surface area contributed by atoms with Gasteiger partial charge in [-0.2, -0.15) is 0 Å². The van der Waals surface area contributed by atoms with Crippen LogP contribution >= 0.6 is 11.6 Å². The van der Waals surface area contributed by atoms with Crippen molar-refractivity contribution in [2.75, 3.05) is 52.6 Å². The van der Waals surface area contributed by atoms with E-state index in [1.54, 1.807) is 41.3 Å². The van der Waals surface area contributed by atoms with Crippen molar-refractivity contribution < 1.29 is 28.9 Å². The molecule has 1 N–H and O–H groups in total. The van der Waals surface area contributed by atoms with E-state index in [1.807, 2.05) is 13.0 Å². The molecule has 2 aromatic carbocycles. The number of carbonyl (C=O) groups excluding carboxylic acids is 2. The fourth-order valence-electron chi connectivity index (χ4n) is 4.70. The summed E-state index contributed by atoms with van der Waals surface area (Å²) in [6, 6.07) is 11.2. The third kappa shape index (κ3) is 6.31. The maximum absolute atomic E-state index is 13.4. The van der Waals surface area contributed by atoms with Crippen LogP contribution in [-0.4, -0.2) is 79.2 Å². The van der Waals surface area contributed by atoms with E-state index in [1.165, 1.54) is 0 Å². The minimum atomic E-state index is -0.782. The number of aliphatic hydroxyl groups excluding tert-OH is 1. The number of morpholine rings is 1. The van der Waals surface area contributed by atoms with Crippen LogP contribution in [0.25, 0.3) is 5.76 Å². The zero-order valence-corrected chi connectivity index (χ0v) is 22.7. The quantitative estimate of drug-likeness (QED) is 0.191. The summed E-state index contributed by atoms with van der Waals surface area (Å²) in [7, 11) is 0. The average Bonchev–Trinajstić information content (AvgIpc) is 3.18. The first-order valence-electron chi connectivity index (χ1n) is 13.2. The normalized spacial score (nSPS) is 19.7. The largest absolute Gasteiger partial charge is 0.507 e. The van der Waals surface area contributed by atoms with E-state index >= 15 is 0 Å². The van der Waals surface area contributed by atoms with Crippen molar-refractivity contribution in [3.8, 4) is 11.5 Å². The second kappa shape index (κ2) is 13.1. The summed E-state index contributed by atoms with van der Waals surface area (Å²) in [5.41, 5.74) is 1.12. The highest BCUT2D eigenvalue weighted by Crippen LogP contribution is 2.42. The van der Waals surface area contributed by atoms with Crippen LogP contribution in [0, 0.1) is 0 Å². The molecule has 0 aliphatic carbocycles. The first-order chi connectivity index (χ1) is 18.4. The number of aliphatic hydroxyl groups is 1. The first-order valence-corrected chi connectivity index (χ1v) is 13.6. The van der Waals surface area contributed by atoms with Gasteiger partial charge in [-0.3, -0.25) is 14.5 Å². The van der Waals surface area contributed by atoms with Gasteiger partial charge in [0.2, 0.25) is 0 Å². The Balaban J connectivity index is 1.75. The van der Waals surface area contributed by atoms with Gasteiger partial charge in [0.1, 0.15) is 5.76 Å². The zero-order chi connectivity index (χ0) is 27.1. The minimum Gasteiger partial charge on any atom is -0.507 e. The highest BCUT2D eigenvalue weighted by molar-refractivity contribution is 6.46. The van der Waals surface area contributed by atoms with Crippen LogP contribution in [-0.2, 0) is 14.3 Å². The van der Waals surface area contributed by atoms with Gasteiger partial charge in [-0.1, -0.05) is 31.0 Å². The molecule has 0 radical (unpaired) electrons. The zero-order valence-electron chi connectivity index (χ0n) is 22.0. The molecule has 204 valence electrons. The topological polar surface area (TPSA) is 88.5 Å². The summed E-state index contributed by atoms with van der Waals surface area (Å²) in [5, 5.41) is 11.8. The van der Waals surface area contributed by atoms with E-state index in [0.29, 0.717) is 67.2 Å². The number of unbranched alkanes of at least 4 members (excludes halogenated alkanes) is 1. The number of carbonyl (C=O) groups is 2. The summed E-state index contributed by atoms with van der Waals surface area (Å²) in [5.74, 6) is -0.454. The van der Waals surface area contributed by atoms with E-state index < -0.39 is 17.7 Å². The number of amides is 1. The molecule has 2 fully saturated rings. The molecule has 4 rings (SSSR count). The van der Waals surface area contributed by atoms with Gasteiger partial charge < -0.3 is 24.2 Å². The molecule has 38 heavy (non-hydrogen) atoms. The molecule has 1 unspecified atom stereocenters. The van der Waals surface area contributed by atoms with Crippen LogP contribution in [0.5, 0.6) is 11.5 Å². The lowest BCUT2D eigenvalue weighted by molar-refractivity contribution is -0.140. The van der Waals surface area contributed by atoms with Gasteiger partial charge in [-0.15, -0.1) is 0 Å². The molecule has 2 saturated heterocycles. The number of benzene rings is 2. The number of nitrogens with zero attached hydrogens (tertiary/aromatic N) is 2. The Labute approximate surface area is 228 Å². The molecule has 1 atom stereocenters. The van der Waals surface area contributed by atoms with Crippen molar-refractivity contribution in [2.45, 2.75) is 32.7 Å². The molecule has 1 amide bonds. The average molecular weight is 543 g/mol. The van der Waals surface area contributed by atoms with Crippen LogP contribution in [0.3, 0.4) is 0 Å². The molecular formula is C29H35ClN2O6. The van der Waals surface area contributed by atoms with Crippen LogP contribution in [0.4, 0.5) is 0 Å². The number of likely N-dealkylation sites (tertiary alicyclic amines) is 1. The number of ketones is 1. The number of ether oxygens (including phenoxy) is 3. The molecule has 2 aliphatic rings. The van der Waals surface area contributed by atoms with Gasteiger partial charge >= 0.3 is 0 Å². The Morgan fingerprint density at radius 3 is 2.45 bits per heavy atom. The fourth-order valence-corrected chi connectivity index (χ4v) is 4.83. The van der Waals surface area contributed by atoms with Crippen molar-refractivity contribution >= 4 is 29.1 Å². The summed E-state index contributed by atoms with van der Waals surface area (Å²) in [6.45, 7) is 8.67. The summed E-state index contributed by atoms with van der Waals surface area (Å²) >= 11 is 6.03. The lowest BCUT2D eigenvalue weighted by Crippen LogP contribution is -2.42. The monoisotopic (exact) mass is 542 g/mol. The Kier molecular flexibility index (Phi) is 9.66. The number of hydrogen-bond acceptors (Lipinski definition) is 7. The lowest BCUT2D eigenvalue weighted by Gasteiger charge is -2.31. The second-order valence-electron chi connectivity index (χ2n) is 9.29. The predicted molar refractivity (Wildman–Crippen MR) is 146 cm³/mol. The number of rotatable bonds is 11. The van der Waals surface area contributed by atoms with Crippen LogP contribution in [0.1, 0.15) is 43.9 Å². The fraction of sp³-hybridized carbons (Fsp3) is 0.448. The minimum absolute atomic E-state index is 0.0430. The Bertz CT molecular complexity index is 1160. The summed E-state index contributed by atoms with van der Waals surface area (Å²) < 4.78 is 17.2. The van der Waals surface area contributed by atoms with E-state index in [9.17, 15) is 14.7 Å². The molecule has 8 nitrogen and oxygen atoms in total. The van der Waals surface area contributed by atoms with Gasteiger partial charge in [-0.25, -0.2) is 0 Å². The standard InChI is InChI=1S/C29H35ClN2O6/c1-3-5-16-38-23-11-8-21(19-24(23)37-4-2)26-25(27(33)20-6-9-22(30)10-7-20)28(34)29(35)32(26)13-12-31-14-17-36-18-15-31/h6-11,19,26,33H,3-5,12-18H2,1-2H3. The summed E-state index contributed by atoms with van der Waals surface area (Å²) in [6.07, 6.45) is 1.92. The van der Waals surface area contributed by atoms with Crippen molar-refractivity contribution in [3.05, 3.63) is 64.2 Å². The Morgan fingerprint density at radius 2 is 1.76 bits per heavy atom. The molecule has 0 saturated carbocycles. The van der Waals surface area contributed by atoms with Crippen molar-refractivity contribution in [2.24, 2.45) is 0 Å². The second-order valence-corrected chi connectivity index (χ2v) is 9.73. The molecule has 0 spiro atoms. The van der Waals surface area contributed by atoms with Crippen LogP contribution in [0.2, 0.25) is 5.02 Å². The number of Topliss-reactive ketones (excluding diaryl/α,β-unsaturated/α-hetero) is 1. The molecule has 0 bridgehead atoms. The van der Waals surface area contributed by atoms with Gasteiger partial charge in [0.05, 0.1) is 38.0 Å². The van der Waals surface area contributed by atoms with Crippen molar-refractivity contribution in [1.82, 2.24) is 9.80 Å². The molecule has 2 aromatic rings. The third-order valence-corrected chi connectivity index (χ3v) is 7.01. The molecule has 9 heteroatoms. The van der Waals surface area contributed by atoms with Gasteiger partial charge in [-0.05, 0) is 55.3 Å². The smallest absolute Gasteiger partial charge is 0.295 e. The van der Waals surface area contributed by atoms with Gasteiger partial charge in [0.25, 0.3) is 11.7 Å². The van der Waals surface area contributed by atoms with Gasteiger partial charge in [0.15, 0.2) is 11.5 Å². The lowest BCUT2D eigenvalue weighted by atomic mass is 9.95. The maximum Gasteiger partial charge on any atom is 0.295 e. The Morgan fingerprint density at radius 1 is 1.03 bits per heavy atom. The van der Waals surface area contributed by atoms with E-state index in [0.717, 1.165) is 25.9 Å². The molecular weight excluding hydrogens is 508 g/mol. The summed E-state index contributed by atoms with van der Waals surface area (Å²) in [4.78, 5) is 30.4. The highest BCUT2D eigenvalue weighted by Gasteiger charge is 2.46. The Hall–Kier alpha value is -3.07. The molecule has 2 aliphatic heterocycles. The SMILES string of the molecule is CCCCOc1ccc(C2C(=C(O)c3ccc(Cl)cc3)C(=O)C(=O)N2CCN2CCOCC2)cc1OCC. The van der Waals surface area contributed by atoms with Crippen LogP contribution in [0.15, 0.2) is 48.0 Å². The molecule has 0 aromatic heterocycles. The molecule has 2 heterocycles. The van der Waals surface area contributed by atoms with Gasteiger partial charge in [0, 0.05) is 36.8 Å². The van der Waals surface area contributed by atoms with E-state index in [4.69, 9.17) is 25.8 Å².